The van der Waals surface area contributed by atoms with Gasteiger partial charge >= 0.3 is 0 Å². The van der Waals surface area contributed by atoms with Crippen molar-refractivity contribution in [2.45, 2.75) is 40.0 Å². The molecule has 1 heterocycles. The van der Waals surface area contributed by atoms with Crippen molar-refractivity contribution in [2.75, 3.05) is 0 Å². The van der Waals surface area contributed by atoms with Crippen molar-refractivity contribution < 1.29 is 0 Å². The Morgan fingerprint density at radius 3 is 1.72 bits per heavy atom. The van der Waals surface area contributed by atoms with Crippen molar-refractivity contribution in [1.29, 1.82) is 0 Å². The summed E-state index contributed by atoms with van der Waals surface area (Å²) in [5.74, 6) is 0. The highest BCUT2D eigenvalue weighted by molar-refractivity contribution is 7.11. The Bertz CT molecular complexity index is 525. The van der Waals surface area contributed by atoms with Gasteiger partial charge in [0.2, 0.25) is 21.1 Å². The SMILES string of the molecule is Cc1cc(-c2ccc(C(C)(C)C)cc2)cc(C)[s+]1. The van der Waals surface area contributed by atoms with Crippen LogP contribution in [0.1, 0.15) is 36.1 Å². The molecule has 0 saturated carbocycles. The van der Waals surface area contributed by atoms with E-state index in [1.54, 1.807) is 0 Å². The van der Waals surface area contributed by atoms with E-state index in [1.165, 1.54) is 26.4 Å². The number of aryl methyl sites for hydroxylation is 2. The van der Waals surface area contributed by atoms with Gasteiger partial charge in [0.15, 0.2) is 0 Å². The van der Waals surface area contributed by atoms with Crippen LogP contribution in [-0.2, 0) is 5.41 Å². The molecule has 0 nitrogen and oxygen atoms in total. The Labute approximate surface area is 114 Å². The lowest BCUT2D eigenvalue weighted by atomic mass is 9.86. The molecule has 0 radical (unpaired) electrons. The topological polar surface area (TPSA) is 0 Å². The van der Waals surface area contributed by atoms with Crippen LogP contribution in [0, 0.1) is 13.8 Å². The second-order valence-electron chi connectivity index (χ2n) is 5.89. The summed E-state index contributed by atoms with van der Waals surface area (Å²) in [5, 5.41) is 0. The van der Waals surface area contributed by atoms with Crippen LogP contribution in [0.3, 0.4) is 0 Å². The van der Waals surface area contributed by atoms with Crippen molar-refractivity contribution in [2.24, 2.45) is 0 Å². The first-order valence-electron chi connectivity index (χ1n) is 6.38. The van der Waals surface area contributed by atoms with Gasteiger partial charge in [-0.15, -0.1) is 0 Å². The first-order valence-corrected chi connectivity index (χ1v) is 7.20. The van der Waals surface area contributed by atoms with Gasteiger partial charge in [-0.3, -0.25) is 0 Å². The Kier molecular flexibility index (Phi) is 3.54. The van der Waals surface area contributed by atoms with Crippen molar-refractivity contribution in [3.63, 3.8) is 0 Å². The van der Waals surface area contributed by atoms with Crippen LogP contribution in [0.15, 0.2) is 36.4 Å². The minimum absolute atomic E-state index is 0.225. The van der Waals surface area contributed by atoms with Gasteiger partial charge < -0.3 is 0 Å². The molecule has 0 aliphatic carbocycles. The average molecular weight is 257 g/mol. The van der Waals surface area contributed by atoms with E-state index >= 15 is 0 Å². The maximum Gasteiger partial charge on any atom is 0.217 e. The largest absolute Gasteiger partial charge is 0.217 e. The van der Waals surface area contributed by atoms with E-state index < -0.39 is 0 Å². The summed E-state index contributed by atoms with van der Waals surface area (Å²) in [6, 6.07) is 13.5. The molecule has 0 saturated heterocycles. The lowest BCUT2D eigenvalue weighted by molar-refractivity contribution is 0.590. The van der Waals surface area contributed by atoms with Crippen LogP contribution in [0.4, 0.5) is 0 Å². The van der Waals surface area contributed by atoms with Crippen molar-refractivity contribution >= 4 is 11.3 Å². The highest BCUT2D eigenvalue weighted by Crippen LogP contribution is 2.28. The number of benzene rings is 1. The first kappa shape index (κ1) is 13.2. The molecule has 18 heavy (non-hydrogen) atoms. The second kappa shape index (κ2) is 4.81. The molecule has 1 aromatic carbocycles. The third kappa shape index (κ3) is 2.97. The lowest BCUT2D eigenvalue weighted by Gasteiger charge is -2.19. The van der Waals surface area contributed by atoms with E-state index in [0.717, 1.165) is 0 Å². The van der Waals surface area contributed by atoms with Crippen molar-refractivity contribution in [3.8, 4) is 11.1 Å². The van der Waals surface area contributed by atoms with E-state index in [0.29, 0.717) is 0 Å². The molecular weight excluding hydrogens is 236 g/mol. The maximum atomic E-state index is 2.27. The molecular formula is C17H21S+. The van der Waals surface area contributed by atoms with Gasteiger partial charge in [0.25, 0.3) is 0 Å². The Hall–Kier alpha value is -1.21. The van der Waals surface area contributed by atoms with E-state index in [4.69, 9.17) is 0 Å². The fraction of sp³-hybridized carbons (Fsp3) is 0.353. The molecule has 2 aromatic rings. The molecule has 0 bridgehead atoms. The molecule has 0 atom stereocenters. The van der Waals surface area contributed by atoms with E-state index in [9.17, 15) is 0 Å². The normalized spacial score (nSPS) is 11.6. The van der Waals surface area contributed by atoms with Gasteiger partial charge in [-0.05, 0) is 22.1 Å². The van der Waals surface area contributed by atoms with Gasteiger partial charge in [0.05, 0.1) is 0 Å². The van der Waals surface area contributed by atoms with Gasteiger partial charge in [-0.2, -0.15) is 0 Å². The molecule has 94 valence electrons. The minimum atomic E-state index is 0.225. The molecule has 1 heteroatoms. The molecule has 0 N–H and O–H groups in total. The summed E-state index contributed by atoms with van der Waals surface area (Å²) < 4.78 is 0. The zero-order valence-electron chi connectivity index (χ0n) is 11.9. The fourth-order valence-electron chi connectivity index (χ4n) is 2.12. The van der Waals surface area contributed by atoms with Crippen molar-refractivity contribution in [3.05, 3.63) is 51.7 Å². The summed E-state index contributed by atoms with van der Waals surface area (Å²) in [4.78, 5) is 2.73. The van der Waals surface area contributed by atoms with Crippen LogP contribution in [0.5, 0.6) is 0 Å². The van der Waals surface area contributed by atoms with Crippen LogP contribution in [0.2, 0.25) is 0 Å². The van der Waals surface area contributed by atoms with Crippen LogP contribution >= 0.6 is 11.3 Å². The van der Waals surface area contributed by atoms with Gasteiger partial charge in [0, 0.05) is 26.0 Å². The molecule has 1 aromatic heterocycles. The van der Waals surface area contributed by atoms with E-state index in [2.05, 4.69) is 71.0 Å². The molecule has 0 aliphatic rings. The van der Waals surface area contributed by atoms with Gasteiger partial charge in [-0.1, -0.05) is 45.0 Å². The average Bonchev–Trinajstić information content (AvgIpc) is 2.27. The lowest BCUT2D eigenvalue weighted by Crippen LogP contribution is -2.10. The van der Waals surface area contributed by atoms with E-state index in [1.807, 2.05) is 11.3 Å². The zero-order valence-corrected chi connectivity index (χ0v) is 12.7. The van der Waals surface area contributed by atoms with Crippen LogP contribution in [0.25, 0.3) is 11.1 Å². The summed E-state index contributed by atoms with van der Waals surface area (Å²) in [6.07, 6.45) is 0. The second-order valence-corrected chi connectivity index (χ2v) is 7.39. The highest BCUT2D eigenvalue weighted by atomic mass is 32.1. The van der Waals surface area contributed by atoms with Gasteiger partial charge in [0.1, 0.15) is 0 Å². The molecule has 0 unspecified atom stereocenters. The molecule has 0 spiro atoms. The fourth-order valence-corrected chi connectivity index (χ4v) is 3.00. The summed E-state index contributed by atoms with van der Waals surface area (Å²) >= 11 is 1.85. The summed E-state index contributed by atoms with van der Waals surface area (Å²) in [7, 11) is 0. The quantitative estimate of drug-likeness (QED) is 0.582. The number of hydrogen-bond donors (Lipinski definition) is 0. The predicted molar refractivity (Wildman–Crippen MR) is 82.3 cm³/mol. The smallest absolute Gasteiger partial charge is 0.0579 e. The molecule has 0 fully saturated rings. The minimum Gasteiger partial charge on any atom is -0.0579 e. The first-order chi connectivity index (χ1) is 8.36. The summed E-state index contributed by atoms with van der Waals surface area (Å²) in [5.41, 5.74) is 4.24. The number of rotatable bonds is 1. The Morgan fingerprint density at radius 2 is 1.28 bits per heavy atom. The Balaban J connectivity index is 2.40. The molecule has 2 rings (SSSR count). The van der Waals surface area contributed by atoms with Gasteiger partial charge in [-0.25, -0.2) is 0 Å². The zero-order chi connectivity index (χ0) is 13.3. The summed E-state index contributed by atoms with van der Waals surface area (Å²) in [6.45, 7) is 11.1. The number of hydrogen-bond acceptors (Lipinski definition) is 0. The maximum absolute atomic E-state index is 2.27. The van der Waals surface area contributed by atoms with Crippen LogP contribution < -0.4 is 0 Å². The molecule has 0 amide bonds. The Morgan fingerprint density at radius 1 is 0.778 bits per heavy atom. The standard InChI is InChI=1S/C17H21S/c1-12-10-15(11-13(2)18-12)14-6-8-16(9-7-14)17(3,4)5/h6-11H,1-5H3/q+1. The molecule has 0 aliphatic heterocycles. The highest BCUT2D eigenvalue weighted by Gasteiger charge is 2.14. The van der Waals surface area contributed by atoms with Crippen LogP contribution in [-0.4, -0.2) is 0 Å². The van der Waals surface area contributed by atoms with Crippen molar-refractivity contribution in [1.82, 2.24) is 0 Å². The van der Waals surface area contributed by atoms with E-state index in [-0.39, 0.29) is 5.41 Å². The third-order valence-corrected chi connectivity index (χ3v) is 4.00. The monoisotopic (exact) mass is 257 g/mol. The predicted octanol–water partition coefficient (Wildman–Crippen LogP) is 5.61. The third-order valence-electron chi connectivity index (χ3n) is 3.12.